The largest absolute Gasteiger partial charge is 0.374 e. The fraction of sp³-hybridized carbons (Fsp3) is 0.933. The standard InChI is InChI=1S/C15H28N2O2.ClH/c16-10-6-2-1-3-9-15(18)17-11-12-19-14-8-5-4-7-13(14)17;/h13-14H,1-12,16H2;1H. The molecule has 0 bridgehead atoms. The van der Waals surface area contributed by atoms with Gasteiger partial charge in [-0.05, 0) is 32.2 Å². The highest BCUT2D eigenvalue weighted by molar-refractivity contribution is 5.85. The monoisotopic (exact) mass is 304 g/mol. The highest BCUT2D eigenvalue weighted by Crippen LogP contribution is 2.29. The molecule has 2 atom stereocenters. The van der Waals surface area contributed by atoms with E-state index in [1.807, 2.05) is 0 Å². The second kappa shape index (κ2) is 9.59. The first-order valence-corrected chi connectivity index (χ1v) is 7.94. The van der Waals surface area contributed by atoms with Crippen molar-refractivity contribution in [2.24, 2.45) is 5.73 Å². The predicted octanol–water partition coefficient (Wildman–Crippen LogP) is 2.49. The van der Waals surface area contributed by atoms with E-state index in [-0.39, 0.29) is 12.4 Å². The molecule has 118 valence electrons. The minimum absolute atomic E-state index is 0. The van der Waals surface area contributed by atoms with E-state index in [0.717, 1.165) is 58.2 Å². The average molecular weight is 305 g/mol. The SMILES string of the molecule is Cl.NCCCCCCC(=O)N1CCOC2CCCCC21. The van der Waals surface area contributed by atoms with Gasteiger partial charge in [-0.2, -0.15) is 0 Å². The Hall–Kier alpha value is -0.320. The Bertz CT molecular complexity index is 287. The van der Waals surface area contributed by atoms with Gasteiger partial charge < -0.3 is 15.4 Å². The number of morpholine rings is 1. The fourth-order valence-electron chi connectivity index (χ4n) is 3.32. The summed E-state index contributed by atoms with van der Waals surface area (Å²) in [4.78, 5) is 14.4. The van der Waals surface area contributed by atoms with Gasteiger partial charge >= 0.3 is 0 Å². The predicted molar refractivity (Wildman–Crippen MR) is 83.1 cm³/mol. The minimum Gasteiger partial charge on any atom is -0.374 e. The lowest BCUT2D eigenvalue weighted by Crippen LogP contribution is -2.54. The molecular weight excluding hydrogens is 276 g/mol. The Kier molecular flexibility index (Phi) is 8.50. The number of rotatable bonds is 6. The number of hydrogen-bond donors (Lipinski definition) is 1. The molecule has 2 fully saturated rings. The molecule has 1 saturated heterocycles. The number of nitrogens with zero attached hydrogens (tertiary/aromatic N) is 1. The molecular formula is C15H29ClN2O2. The highest BCUT2D eigenvalue weighted by atomic mass is 35.5. The van der Waals surface area contributed by atoms with E-state index in [1.54, 1.807) is 0 Å². The van der Waals surface area contributed by atoms with Crippen molar-refractivity contribution in [3.8, 4) is 0 Å². The molecule has 20 heavy (non-hydrogen) atoms. The molecule has 5 heteroatoms. The van der Waals surface area contributed by atoms with Gasteiger partial charge in [0.1, 0.15) is 0 Å². The van der Waals surface area contributed by atoms with E-state index in [2.05, 4.69) is 4.90 Å². The summed E-state index contributed by atoms with van der Waals surface area (Å²) in [6.07, 6.45) is 10.1. The molecule has 0 radical (unpaired) electrons. The van der Waals surface area contributed by atoms with Crippen LogP contribution in [-0.4, -0.2) is 42.6 Å². The van der Waals surface area contributed by atoms with Crippen LogP contribution in [0.1, 0.15) is 57.8 Å². The van der Waals surface area contributed by atoms with E-state index >= 15 is 0 Å². The summed E-state index contributed by atoms with van der Waals surface area (Å²) in [5.41, 5.74) is 5.47. The smallest absolute Gasteiger partial charge is 0.222 e. The van der Waals surface area contributed by atoms with Crippen LogP contribution in [-0.2, 0) is 9.53 Å². The van der Waals surface area contributed by atoms with Gasteiger partial charge in [0.05, 0.1) is 18.8 Å². The van der Waals surface area contributed by atoms with Crippen molar-refractivity contribution in [1.29, 1.82) is 0 Å². The molecule has 2 aliphatic rings. The second-order valence-electron chi connectivity index (χ2n) is 5.80. The normalized spacial score (nSPS) is 25.8. The van der Waals surface area contributed by atoms with Gasteiger partial charge in [-0.3, -0.25) is 4.79 Å². The molecule has 1 aliphatic heterocycles. The lowest BCUT2D eigenvalue weighted by atomic mass is 9.90. The van der Waals surface area contributed by atoms with Crippen molar-refractivity contribution in [3.05, 3.63) is 0 Å². The lowest BCUT2D eigenvalue weighted by molar-refractivity contribution is -0.149. The van der Waals surface area contributed by atoms with Gasteiger partial charge in [-0.25, -0.2) is 0 Å². The molecule has 1 amide bonds. The number of fused-ring (bicyclic) bond motifs is 1. The van der Waals surface area contributed by atoms with Crippen molar-refractivity contribution in [1.82, 2.24) is 4.90 Å². The zero-order valence-corrected chi connectivity index (χ0v) is 13.2. The van der Waals surface area contributed by atoms with Crippen LogP contribution in [0, 0.1) is 0 Å². The Labute approximate surface area is 128 Å². The molecule has 1 heterocycles. The van der Waals surface area contributed by atoms with Gasteiger partial charge in [0.15, 0.2) is 0 Å². The lowest BCUT2D eigenvalue weighted by Gasteiger charge is -2.43. The average Bonchev–Trinajstić information content (AvgIpc) is 2.46. The van der Waals surface area contributed by atoms with Gasteiger partial charge in [-0.15, -0.1) is 12.4 Å². The highest BCUT2D eigenvalue weighted by Gasteiger charge is 2.36. The summed E-state index contributed by atoms with van der Waals surface area (Å²) < 4.78 is 5.81. The molecule has 2 rings (SSSR count). The topological polar surface area (TPSA) is 55.6 Å². The third-order valence-corrected chi connectivity index (χ3v) is 4.40. The first-order valence-electron chi connectivity index (χ1n) is 7.94. The molecule has 0 aromatic heterocycles. The van der Waals surface area contributed by atoms with E-state index < -0.39 is 0 Å². The van der Waals surface area contributed by atoms with Crippen LogP contribution < -0.4 is 5.73 Å². The third-order valence-electron chi connectivity index (χ3n) is 4.40. The van der Waals surface area contributed by atoms with Gasteiger partial charge in [0.25, 0.3) is 0 Å². The van der Waals surface area contributed by atoms with Gasteiger partial charge in [0, 0.05) is 13.0 Å². The summed E-state index contributed by atoms with van der Waals surface area (Å²) in [6.45, 7) is 2.28. The number of halogens is 1. The van der Waals surface area contributed by atoms with Crippen LogP contribution in [0.4, 0.5) is 0 Å². The summed E-state index contributed by atoms with van der Waals surface area (Å²) in [6, 6.07) is 0.360. The number of nitrogens with two attached hydrogens (primary N) is 1. The van der Waals surface area contributed by atoms with Crippen molar-refractivity contribution in [2.75, 3.05) is 19.7 Å². The third kappa shape index (κ3) is 4.90. The number of carbonyl (C=O) groups excluding carboxylic acids is 1. The number of carbonyl (C=O) groups is 1. The van der Waals surface area contributed by atoms with Crippen LogP contribution in [0.5, 0.6) is 0 Å². The Morgan fingerprint density at radius 2 is 1.90 bits per heavy atom. The molecule has 2 unspecified atom stereocenters. The molecule has 1 saturated carbocycles. The number of amides is 1. The maximum atomic E-state index is 12.3. The molecule has 1 aliphatic carbocycles. The van der Waals surface area contributed by atoms with Crippen molar-refractivity contribution >= 4 is 18.3 Å². The minimum atomic E-state index is 0. The van der Waals surface area contributed by atoms with E-state index in [0.29, 0.717) is 24.5 Å². The van der Waals surface area contributed by atoms with Crippen molar-refractivity contribution < 1.29 is 9.53 Å². The van der Waals surface area contributed by atoms with Gasteiger partial charge in [-0.1, -0.05) is 25.7 Å². The summed E-state index contributed by atoms with van der Waals surface area (Å²) in [5.74, 6) is 0.341. The van der Waals surface area contributed by atoms with Crippen LogP contribution in [0.15, 0.2) is 0 Å². The van der Waals surface area contributed by atoms with Crippen LogP contribution in [0.25, 0.3) is 0 Å². The maximum Gasteiger partial charge on any atom is 0.222 e. The Morgan fingerprint density at radius 3 is 2.70 bits per heavy atom. The number of unbranched alkanes of at least 4 members (excludes halogenated alkanes) is 3. The molecule has 0 aromatic rings. The van der Waals surface area contributed by atoms with Crippen molar-refractivity contribution in [3.63, 3.8) is 0 Å². The quantitative estimate of drug-likeness (QED) is 0.767. The number of ether oxygens (including phenoxy) is 1. The molecule has 0 aromatic carbocycles. The Morgan fingerprint density at radius 1 is 1.15 bits per heavy atom. The molecule has 2 N–H and O–H groups in total. The first kappa shape index (κ1) is 17.7. The second-order valence-corrected chi connectivity index (χ2v) is 5.80. The summed E-state index contributed by atoms with van der Waals surface area (Å²) >= 11 is 0. The Balaban J connectivity index is 0.00000200. The summed E-state index contributed by atoms with van der Waals surface area (Å²) in [5, 5.41) is 0. The van der Waals surface area contributed by atoms with Crippen LogP contribution in [0.3, 0.4) is 0 Å². The zero-order valence-electron chi connectivity index (χ0n) is 12.4. The van der Waals surface area contributed by atoms with E-state index in [4.69, 9.17) is 10.5 Å². The van der Waals surface area contributed by atoms with Gasteiger partial charge in [0.2, 0.25) is 5.91 Å². The maximum absolute atomic E-state index is 12.3. The van der Waals surface area contributed by atoms with E-state index in [9.17, 15) is 4.79 Å². The fourth-order valence-corrected chi connectivity index (χ4v) is 3.32. The first-order chi connectivity index (χ1) is 9.33. The van der Waals surface area contributed by atoms with Crippen LogP contribution >= 0.6 is 12.4 Å². The molecule has 0 spiro atoms. The van der Waals surface area contributed by atoms with E-state index in [1.165, 1.54) is 12.8 Å². The zero-order chi connectivity index (χ0) is 13.5. The van der Waals surface area contributed by atoms with Crippen molar-refractivity contribution in [2.45, 2.75) is 69.9 Å². The molecule has 4 nitrogen and oxygen atoms in total. The summed E-state index contributed by atoms with van der Waals surface area (Å²) in [7, 11) is 0. The number of hydrogen-bond acceptors (Lipinski definition) is 3. The van der Waals surface area contributed by atoms with Crippen LogP contribution in [0.2, 0.25) is 0 Å².